The van der Waals surface area contributed by atoms with E-state index in [0.29, 0.717) is 137 Å². The summed E-state index contributed by atoms with van der Waals surface area (Å²) in [4.78, 5) is 34.4. The largest absolute Gasteiger partial charge is 0.704 e. The number of aromatic hydroxyl groups is 6. The summed E-state index contributed by atoms with van der Waals surface area (Å²) in [5, 5.41) is 59.7. The standard InChI is InChI=1S/C24H29N2O8P2.2C16H14Cl2N2O2.C16H16N2O2.3Fe.H2O/c1-30-36(3,29)32-13-9-19-5-7-23-21(15-19)17-26-11-10-25-16-20-14-18(8-12-31-35(2,27)28)4-6-22(20)33-24(25,26)34-23;2*17-13-1-3-15(21)11(7-13)9-19-5-6-20-10-12-8-14(18)2-4-16(12)22;19-15-7-3-1-5-13(15)11-17-9-10-18-12-14-6-2-4-8-16(14)20;;;;/h4-7,14-17H,8-13H2,1-3H3;2*1-4,7-10,21-22H,5-6H2;1-8,11-12,19-20H,9-10H2;;;;1H2/q+1;;;;;;;/p+1/t24-,36?;;;;;;;/m1......./s1. The van der Waals surface area contributed by atoms with Crippen LogP contribution < -0.4 is 9.47 Å². The Balaban J connectivity index is 0.000000299. The number of hydrogen-bond donors (Lipinski definition) is 7. The van der Waals surface area contributed by atoms with E-state index in [1.807, 2.05) is 70.1 Å². The molecule has 8 aromatic rings. The van der Waals surface area contributed by atoms with E-state index in [-0.39, 0.29) is 97.8 Å². The van der Waals surface area contributed by atoms with Gasteiger partial charge < -0.3 is 64.1 Å². The first-order chi connectivity index (χ1) is 48.0. The Morgan fingerprint density at radius 2 is 0.740 bits per heavy atom. The smallest absolute Gasteiger partial charge is 0.507 e. The first-order valence-corrected chi connectivity index (χ1v) is 36.6. The number of rotatable bonds is 24. The quantitative estimate of drug-likeness (QED) is 0.00972. The molecule has 2 unspecified atom stereocenters. The van der Waals surface area contributed by atoms with E-state index in [4.69, 9.17) is 69.4 Å². The second-order valence-electron chi connectivity index (χ2n) is 22.2. The number of phenols is 6. The Labute approximate surface area is 654 Å². The van der Waals surface area contributed by atoms with E-state index < -0.39 is 21.2 Å². The summed E-state index contributed by atoms with van der Waals surface area (Å²) in [5.74, 6) is 2.34. The molecule has 9 N–H and O–H groups in total. The van der Waals surface area contributed by atoms with E-state index >= 15 is 0 Å². The van der Waals surface area contributed by atoms with E-state index in [0.717, 1.165) is 22.3 Å². The first-order valence-electron chi connectivity index (χ1n) is 31.0. The predicted molar refractivity (Wildman–Crippen MR) is 400 cm³/mol. The van der Waals surface area contributed by atoms with Crippen molar-refractivity contribution in [3.63, 3.8) is 0 Å². The van der Waals surface area contributed by atoms with E-state index in [9.17, 15) is 44.7 Å². The average molecular weight is 1660 g/mol. The minimum absolute atomic E-state index is 0. The molecule has 554 valence electrons. The van der Waals surface area contributed by atoms with Crippen molar-refractivity contribution in [1.29, 1.82) is 0 Å². The molecule has 1 saturated heterocycles. The fraction of sp³-hybridized carbons (Fsp3) is 0.222. The zero-order chi connectivity index (χ0) is 71.7. The van der Waals surface area contributed by atoms with Crippen LogP contribution >= 0.6 is 61.6 Å². The number of phenolic OH excluding ortho intramolecular Hbond substituents is 6. The third-order valence-electron chi connectivity index (χ3n) is 14.6. The fourth-order valence-corrected chi connectivity index (χ4v) is 11.2. The fourth-order valence-electron chi connectivity index (χ4n) is 9.47. The Kier molecular flexibility index (Phi) is 37.5. The van der Waals surface area contributed by atoms with Crippen LogP contribution in [0.1, 0.15) is 55.6 Å². The molecule has 0 aromatic heterocycles. The maximum Gasteiger partial charge on any atom is 0.704 e. The molecule has 0 bridgehead atoms. The first kappa shape index (κ1) is 88.9. The molecule has 0 aliphatic carbocycles. The number of fused-ring (bicyclic) bond motifs is 2. The molecule has 8 aromatic carbocycles. The van der Waals surface area contributed by atoms with Gasteiger partial charge in [-0.15, -0.1) is 0 Å². The van der Waals surface area contributed by atoms with Crippen LogP contribution in [0.25, 0.3) is 0 Å². The average Bonchev–Trinajstić information content (AvgIpc) is 1.47. The minimum atomic E-state index is -3.49. The van der Waals surface area contributed by atoms with Gasteiger partial charge in [-0.25, -0.2) is 0 Å². The summed E-state index contributed by atoms with van der Waals surface area (Å²) in [6, 6.07) is 43.7. The summed E-state index contributed by atoms with van der Waals surface area (Å²) in [6.07, 6.45) is 14.6. The Morgan fingerprint density at radius 1 is 0.442 bits per heavy atom. The van der Waals surface area contributed by atoms with Crippen molar-refractivity contribution in [3.8, 4) is 46.0 Å². The number of benzene rings is 8. The van der Waals surface area contributed by atoms with E-state index in [1.165, 1.54) is 44.7 Å². The molecule has 32 heteroatoms. The second kappa shape index (κ2) is 43.8. The summed E-state index contributed by atoms with van der Waals surface area (Å²) >= 11 is 23.4. The monoisotopic (exact) mass is 1660 g/mol. The topological polar surface area (TPSA) is 334 Å². The van der Waals surface area contributed by atoms with Crippen LogP contribution in [0.3, 0.4) is 0 Å². The Morgan fingerprint density at radius 3 is 1.05 bits per heavy atom. The number of aliphatic imine (C=N–C) groups is 6. The number of ether oxygens (including phenoxy) is 2. The van der Waals surface area contributed by atoms with Crippen molar-refractivity contribution < 1.29 is 134 Å². The minimum Gasteiger partial charge on any atom is -0.507 e. The van der Waals surface area contributed by atoms with Crippen LogP contribution in [0.5, 0.6) is 46.0 Å². The summed E-state index contributed by atoms with van der Waals surface area (Å²) < 4.78 is 55.5. The van der Waals surface area contributed by atoms with Crippen molar-refractivity contribution in [3.05, 3.63) is 233 Å². The van der Waals surface area contributed by atoms with Crippen LogP contribution in [0.15, 0.2) is 188 Å². The molecule has 3 aliphatic heterocycles. The van der Waals surface area contributed by atoms with Gasteiger partial charge in [0, 0.05) is 162 Å². The van der Waals surface area contributed by atoms with Crippen LogP contribution in [0, 0.1) is 0 Å². The number of nitrogens with zero attached hydrogens (tertiary/aromatic N) is 8. The van der Waals surface area contributed by atoms with Crippen molar-refractivity contribution in [2.45, 2.75) is 18.9 Å². The second-order valence-corrected chi connectivity index (χ2v) is 28.0. The SMILES string of the molecule is COP(C)(=O)OCCc1ccc2c(c1)C=[N+]1CC[N+]3=Cc4cc(CCOP(C)(=O)O)ccc4O[C@@]31O2.O.Oc1ccc(Cl)cc1C=NCCN=Cc1cc(Cl)ccc1O.Oc1ccc(Cl)cc1C=NCCN=Cc1cc(Cl)ccc1O.Oc1ccccc1C=NCCN=Cc1ccccc1O.[Fe].[Fe].[Fe]. The zero-order valence-corrected chi connectivity index (χ0v) is 64.3. The van der Waals surface area contributed by atoms with Gasteiger partial charge in [-0.2, -0.15) is 0 Å². The molecule has 3 aliphatic rings. The third kappa shape index (κ3) is 28.1. The van der Waals surface area contributed by atoms with Gasteiger partial charge in [-0.05, 0) is 145 Å². The van der Waals surface area contributed by atoms with E-state index in [2.05, 4.69) is 30.0 Å². The predicted octanol–water partition coefficient (Wildman–Crippen LogP) is 12.8. The van der Waals surface area contributed by atoms with Gasteiger partial charge in [-0.1, -0.05) is 92.0 Å². The molecule has 0 amide bonds. The van der Waals surface area contributed by atoms with Gasteiger partial charge >= 0.3 is 21.2 Å². The Hall–Kier alpha value is -7.50. The van der Waals surface area contributed by atoms with E-state index in [1.54, 1.807) is 122 Å². The third-order valence-corrected chi connectivity index (χ3v) is 17.5. The Bertz CT molecular complexity index is 4230. The number of hydrogen-bond acceptors (Lipinski definition) is 19. The van der Waals surface area contributed by atoms with Crippen LogP contribution in [-0.2, 0) is 86.7 Å². The molecule has 0 saturated carbocycles. The molecule has 1 spiro atoms. The van der Waals surface area contributed by atoms with Crippen molar-refractivity contribution >= 4 is 111 Å². The van der Waals surface area contributed by atoms with Gasteiger partial charge in [0.2, 0.25) is 13.1 Å². The number of para-hydroxylation sites is 2. The molecule has 3 atom stereocenters. The molecular formula is C72H76Cl4Fe3N8O15P2+2. The molecule has 0 radical (unpaired) electrons. The number of halogens is 4. The van der Waals surface area contributed by atoms with Crippen molar-refractivity contribution in [2.24, 2.45) is 30.0 Å². The molecule has 11 rings (SSSR count). The van der Waals surface area contributed by atoms with Gasteiger partial charge in [0.1, 0.15) is 34.5 Å². The molecule has 1 fully saturated rings. The van der Waals surface area contributed by atoms with Crippen molar-refractivity contribution in [2.75, 3.05) is 86.0 Å². The van der Waals surface area contributed by atoms with Gasteiger partial charge in [0.25, 0.3) is 0 Å². The van der Waals surface area contributed by atoms with Gasteiger partial charge in [-0.3, -0.25) is 39.1 Å². The molecule has 3 heterocycles. The molecular weight excluding hydrogens is 1590 g/mol. The van der Waals surface area contributed by atoms with Gasteiger partial charge in [0.05, 0.1) is 63.6 Å². The van der Waals surface area contributed by atoms with Gasteiger partial charge in [0.15, 0.2) is 23.9 Å². The summed E-state index contributed by atoms with van der Waals surface area (Å²) in [7, 11) is -5.11. The molecule has 23 nitrogen and oxygen atoms in total. The van der Waals surface area contributed by atoms with Crippen LogP contribution in [0.2, 0.25) is 20.1 Å². The normalized spacial score (nSPS) is 15.0. The maximum absolute atomic E-state index is 11.9. The van der Waals surface area contributed by atoms with Crippen molar-refractivity contribution in [1.82, 2.24) is 0 Å². The van der Waals surface area contributed by atoms with Crippen LogP contribution in [-0.4, -0.2) is 192 Å². The summed E-state index contributed by atoms with van der Waals surface area (Å²) in [5.41, 5.74) is 7.49. The molecule has 104 heavy (non-hydrogen) atoms. The van der Waals surface area contributed by atoms with Crippen LogP contribution in [0.4, 0.5) is 0 Å². The maximum atomic E-state index is 11.9. The summed E-state index contributed by atoms with van der Waals surface area (Å²) in [6.45, 7) is 7.37. The zero-order valence-electron chi connectivity index (χ0n) is 56.1.